The van der Waals surface area contributed by atoms with E-state index in [1.165, 1.54) is 18.3 Å². The fraction of sp³-hybridized carbons (Fsp3) is 0.296. The fourth-order valence-electron chi connectivity index (χ4n) is 4.00. The Labute approximate surface area is 202 Å². The summed E-state index contributed by atoms with van der Waals surface area (Å²) in [5.74, 6) is -1.50. The van der Waals surface area contributed by atoms with E-state index in [4.69, 9.17) is 9.47 Å². The van der Waals surface area contributed by atoms with Gasteiger partial charge in [-0.25, -0.2) is 9.59 Å². The molecule has 7 heteroatoms. The van der Waals surface area contributed by atoms with Gasteiger partial charge >= 0.3 is 11.9 Å². The molecule has 0 fully saturated rings. The molecule has 0 unspecified atom stereocenters. The Kier molecular flexibility index (Phi) is 7.43. The lowest BCUT2D eigenvalue weighted by atomic mass is 9.95. The van der Waals surface area contributed by atoms with Crippen LogP contribution in [0.4, 0.5) is 5.00 Å². The van der Waals surface area contributed by atoms with Crippen molar-refractivity contribution in [3.8, 4) is 11.1 Å². The van der Waals surface area contributed by atoms with E-state index in [0.717, 1.165) is 47.3 Å². The number of ether oxygens (including phenoxy) is 2. The normalized spacial score (nSPS) is 13.5. The number of aryl methyl sites for hydroxylation is 1. The zero-order chi connectivity index (χ0) is 24.1. The number of carbonyl (C=O) groups is 3. The number of carbonyl (C=O) groups excluding carboxylic acids is 3. The Hall–Kier alpha value is -3.45. The molecule has 0 radical (unpaired) electrons. The highest BCUT2D eigenvalue weighted by molar-refractivity contribution is 7.17. The molecular formula is C27H27NO5S. The smallest absolute Gasteiger partial charge is 0.341 e. The van der Waals surface area contributed by atoms with E-state index in [0.29, 0.717) is 16.1 Å². The molecule has 1 aromatic heterocycles. The van der Waals surface area contributed by atoms with Crippen molar-refractivity contribution in [1.29, 1.82) is 0 Å². The second kappa shape index (κ2) is 10.7. The van der Waals surface area contributed by atoms with Crippen LogP contribution in [0.25, 0.3) is 11.1 Å². The summed E-state index contributed by atoms with van der Waals surface area (Å²) < 4.78 is 10.6. The van der Waals surface area contributed by atoms with Crippen LogP contribution in [0.1, 0.15) is 57.8 Å². The summed E-state index contributed by atoms with van der Waals surface area (Å²) in [5, 5.41) is 3.26. The van der Waals surface area contributed by atoms with Crippen molar-refractivity contribution in [3.63, 3.8) is 0 Å². The highest BCUT2D eigenvalue weighted by Gasteiger charge is 2.29. The molecule has 1 heterocycles. The van der Waals surface area contributed by atoms with E-state index in [1.54, 1.807) is 19.1 Å². The first-order chi connectivity index (χ1) is 16.5. The second-order valence-corrected chi connectivity index (χ2v) is 9.22. The molecule has 3 aromatic rings. The summed E-state index contributed by atoms with van der Waals surface area (Å²) in [6.07, 6.45) is 2.70. The number of benzene rings is 2. The van der Waals surface area contributed by atoms with Gasteiger partial charge in [0, 0.05) is 4.88 Å². The molecule has 1 aliphatic carbocycles. The third kappa shape index (κ3) is 5.20. The van der Waals surface area contributed by atoms with E-state index < -0.39 is 23.9 Å². The summed E-state index contributed by atoms with van der Waals surface area (Å²) in [5.41, 5.74) is 3.79. The topological polar surface area (TPSA) is 81.7 Å². The Balaban J connectivity index is 1.44. The number of amides is 1. The molecule has 1 N–H and O–H groups in total. The Morgan fingerprint density at radius 1 is 0.941 bits per heavy atom. The third-order valence-electron chi connectivity index (χ3n) is 5.77. The highest BCUT2D eigenvalue weighted by atomic mass is 32.1. The van der Waals surface area contributed by atoms with Crippen molar-refractivity contribution in [2.45, 2.75) is 45.6 Å². The van der Waals surface area contributed by atoms with E-state index in [9.17, 15) is 14.4 Å². The molecule has 1 amide bonds. The van der Waals surface area contributed by atoms with E-state index in [2.05, 4.69) is 5.32 Å². The molecule has 34 heavy (non-hydrogen) atoms. The lowest BCUT2D eigenvalue weighted by Gasteiger charge is -2.14. The number of nitrogens with one attached hydrogen (secondary N) is 1. The van der Waals surface area contributed by atoms with Crippen molar-refractivity contribution >= 4 is 34.2 Å². The highest BCUT2D eigenvalue weighted by Crippen LogP contribution is 2.38. The lowest BCUT2D eigenvalue weighted by Crippen LogP contribution is -2.30. The molecule has 4 rings (SSSR count). The molecule has 2 aromatic carbocycles. The van der Waals surface area contributed by atoms with Crippen LogP contribution >= 0.6 is 11.3 Å². The third-order valence-corrected chi connectivity index (χ3v) is 6.98. The molecule has 0 aliphatic heterocycles. The number of hydrogen-bond acceptors (Lipinski definition) is 6. The minimum Gasteiger partial charge on any atom is -0.462 e. The van der Waals surface area contributed by atoms with Gasteiger partial charge in [0.15, 0.2) is 6.10 Å². The summed E-state index contributed by atoms with van der Waals surface area (Å²) in [4.78, 5) is 39.1. The summed E-state index contributed by atoms with van der Waals surface area (Å²) >= 11 is 1.40. The zero-order valence-corrected chi connectivity index (χ0v) is 20.1. The Bertz CT molecular complexity index is 1180. The number of fused-ring (bicyclic) bond motifs is 1. The Morgan fingerprint density at radius 3 is 2.32 bits per heavy atom. The van der Waals surface area contributed by atoms with Crippen molar-refractivity contribution in [2.75, 3.05) is 11.9 Å². The molecule has 1 atom stereocenters. The van der Waals surface area contributed by atoms with Crippen molar-refractivity contribution in [1.82, 2.24) is 0 Å². The van der Waals surface area contributed by atoms with Gasteiger partial charge in [-0.05, 0) is 68.4 Å². The summed E-state index contributed by atoms with van der Waals surface area (Å²) in [6.45, 7) is 3.53. The number of thiophene rings is 1. The standard InChI is InChI=1S/C27H27NO5S/c1-3-32-27(31)23-21-11-7-8-12-22(21)34-25(23)28-24(29)17(2)33-26(30)20-15-13-19(14-16-20)18-9-5-4-6-10-18/h4-6,9-10,13-17H,3,7-8,11-12H2,1-2H3,(H,28,29)/t17-/m0/s1. The molecular weight excluding hydrogens is 450 g/mol. The summed E-state index contributed by atoms with van der Waals surface area (Å²) in [6, 6.07) is 16.9. The van der Waals surface area contributed by atoms with Crippen LogP contribution in [0.15, 0.2) is 54.6 Å². The van der Waals surface area contributed by atoms with Gasteiger partial charge in [0.1, 0.15) is 5.00 Å². The predicted octanol–water partition coefficient (Wildman–Crippen LogP) is 5.65. The van der Waals surface area contributed by atoms with Gasteiger partial charge in [-0.2, -0.15) is 0 Å². The predicted molar refractivity (Wildman–Crippen MR) is 132 cm³/mol. The van der Waals surface area contributed by atoms with Crippen molar-refractivity contribution in [3.05, 3.63) is 76.2 Å². The van der Waals surface area contributed by atoms with Crippen molar-refractivity contribution < 1.29 is 23.9 Å². The minimum atomic E-state index is -1.03. The summed E-state index contributed by atoms with van der Waals surface area (Å²) in [7, 11) is 0. The molecule has 0 spiro atoms. The van der Waals surface area contributed by atoms with Gasteiger partial charge in [0.05, 0.1) is 17.7 Å². The van der Waals surface area contributed by atoms with E-state index >= 15 is 0 Å². The average Bonchev–Trinajstić information content (AvgIpc) is 3.22. The van der Waals surface area contributed by atoms with E-state index in [-0.39, 0.29) is 6.61 Å². The molecule has 0 saturated heterocycles. The number of esters is 2. The van der Waals surface area contributed by atoms with Crippen LogP contribution in [-0.4, -0.2) is 30.6 Å². The number of hydrogen-bond donors (Lipinski definition) is 1. The zero-order valence-electron chi connectivity index (χ0n) is 19.3. The lowest BCUT2D eigenvalue weighted by molar-refractivity contribution is -0.123. The van der Waals surface area contributed by atoms with Gasteiger partial charge in [0.25, 0.3) is 5.91 Å². The number of anilines is 1. The van der Waals surface area contributed by atoms with Crippen LogP contribution in [0.2, 0.25) is 0 Å². The molecule has 6 nitrogen and oxygen atoms in total. The maximum Gasteiger partial charge on any atom is 0.341 e. The van der Waals surface area contributed by atoms with Gasteiger partial charge in [-0.3, -0.25) is 4.79 Å². The maximum atomic E-state index is 12.8. The monoisotopic (exact) mass is 477 g/mol. The van der Waals surface area contributed by atoms with Crippen LogP contribution < -0.4 is 5.32 Å². The number of rotatable bonds is 7. The van der Waals surface area contributed by atoms with Gasteiger partial charge in [-0.1, -0.05) is 42.5 Å². The first kappa shape index (κ1) is 23.7. The quantitative estimate of drug-likeness (QED) is 0.445. The van der Waals surface area contributed by atoms with Crippen LogP contribution in [0.3, 0.4) is 0 Å². The van der Waals surface area contributed by atoms with E-state index in [1.807, 2.05) is 42.5 Å². The minimum absolute atomic E-state index is 0.258. The van der Waals surface area contributed by atoms with Crippen LogP contribution in [-0.2, 0) is 27.1 Å². The van der Waals surface area contributed by atoms with Crippen LogP contribution in [0.5, 0.6) is 0 Å². The largest absolute Gasteiger partial charge is 0.462 e. The maximum absolute atomic E-state index is 12.8. The molecule has 1 aliphatic rings. The molecule has 176 valence electrons. The molecule has 0 bridgehead atoms. The van der Waals surface area contributed by atoms with Gasteiger partial charge in [-0.15, -0.1) is 11.3 Å². The second-order valence-electron chi connectivity index (χ2n) is 8.12. The molecule has 0 saturated carbocycles. The van der Waals surface area contributed by atoms with Crippen molar-refractivity contribution in [2.24, 2.45) is 0 Å². The Morgan fingerprint density at radius 2 is 1.62 bits per heavy atom. The fourth-order valence-corrected chi connectivity index (χ4v) is 5.28. The van der Waals surface area contributed by atoms with Crippen LogP contribution in [0, 0.1) is 0 Å². The van der Waals surface area contributed by atoms with Gasteiger partial charge in [0.2, 0.25) is 0 Å². The average molecular weight is 478 g/mol. The van der Waals surface area contributed by atoms with Gasteiger partial charge < -0.3 is 14.8 Å². The SMILES string of the molecule is CCOC(=O)c1c(NC(=O)[C@H](C)OC(=O)c2ccc(-c3ccccc3)cc2)sc2c1CCCC2. The first-order valence-electron chi connectivity index (χ1n) is 11.5. The first-order valence-corrected chi connectivity index (χ1v) is 12.3.